The number of oxime groups is 1. The fourth-order valence-electron chi connectivity index (χ4n) is 5.10. The van der Waals surface area contributed by atoms with Crippen molar-refractivity contribution in [2.45, 2.75) is 51.1 Å². The van der Waals surface area contributed by atoms with Gasteiger partial charge in [-0.05, 0) is 55.0 Å². The molecule has 0 bridgehead atoms. The standard InChI is InChI=1S/C16H17N3O5S.C15H16F5NO2S2/c1-9-10(15(20)11-8-17-19(2)16(11)21)4-5-13(25(3,22)23)14(9)12-6-7-24-18-12;1-6(2)5-7-8(13(22)24-3)10(12(16)17)21-11(15(18,19)20)9(7)14(23)25-4/h4-5,8,21H,6-7H2,1-3H3;6,12H,5H2,1-4H3. The predicted molar refractivity (Wildman–Crippen MR) is 178 cm³/mol. The van der Waals surface area contributed by atoms with E-state index in [9.17, 15) is 49.9 Å². The molecule has 0 saturated heterocycles. The molecule has 3 heterocycles. The van der Waals surface area contributed by atoms with Crippen LogP contribution in [0.3, 0.4) is 0 Å². The normalized spacial score (nSPS) is 13.2. The van der Waals surface area contributed by atoms with Crippen molar-refractivity contribution < 1.29 is 54.7 Å². The van der Waals surface area contributed by atoms with Crippen molar-refractivity contribution >= 4 is 55.1 Å². The topological polar surface area (TPSA) is 158 Å². The molecule has 1 aliphatic rings. The number of ketones is 1. The highest BCUT2D eigenvalue weighted by Gasteiger charge is 2.42. The Morgan fingerprint density at radius 1 is 1.06 bits per heavy atom. The lowest BCUT2D eigenvalue weighted by atomic mass is 9.92. The van der Waals surface area contributed by atoms with E-state index in [1.165, 1.54) is 42.6 Å². The van der Waals surface area contributed by atoms with Crippen molar-refractivity contribution in [2.75, 3.05) is 25.4 Å². The number of hydrogen-bond acceptors (Lipinski definition) is 12. The van der Waals surface area contributed by atoms with Crippen LogP contribution in [-0.4, -0.2) is 75.4 Å². The average molecular weight is 765 g/mol. The second kappa shape index (κ2) is 16.0. The van der Waals surface area contributed by atoms with E-state index in [4.69, 9.17) is 4.84 Å². The summed E-state index contributed by atoms with van der Waals surface area (Å²) in [6.07, 6.45) is -3.17. The number of benzene rings is 1. The third-order valence-corrected chi connectivity index (χ3v) is 9.60. The van der Waals surface area contributed by atoms with E-state index >= 15 is 0 Å². The van der Waals surface area contributed by atoms with Gasteiger partial charge in [0.15, 0.2) is 21.3 Å². The molecule has 4 rings (SSSR count). The van der Waals surface area contributed by atoms with Gasteiger partial charge in [0.1, 0.15) is 17.9 Å². The zero-order valence-corrected chi connectivity index (χ0v) is 30.3. The van der Waals surface area contributed by atoms with E-state index in [1.54, 1.807) is 20.8 Å². The molecule has 272 valence electrons. The molecule has 0 fully saturated rings. The van der Waals surface area contributed by atoms with Gasteiger partial charge in [0, 0.05) is 30.9 Å². The first-order valence-electron chi connectivity index (χ1n) is 14.5. The SMILES string of the molecule is CSC(=O)c1c(C(F)F)nc(C(F)(F)F)c(C(=O)SC)c1CC(C)C.Cc1c(C(=O)c2cnn(C)c2O)ccc(S(C)(=O)=O)c1C1=NOCC1. The summed E-state index contributed by atoms with van der Waals surface area (Å²) in [7, 11) is -2.00. The largest absolute Gasteiger partial charge is 0.493 e. The molecule has 0 spiro atoms. The van der Waals surface area contributed by atoms with Crippen LogP contribution in [0.4, 0.5) is 22.0 Å². The predicted octanol–water partition coefficient (Wildman–Crippen LogP) is 6.44. The van der Waals surface area contributed by atoms with E-state index < -0.39 is 61.0 Å². The third-order valence-electron chi connectivity index (χ3n) is 7.31. The fraction of sp³-hybridized carbons (Fsp3) is 0.419. The Hall–Kier alpha value is -3.84. The van der Waals surface area contributed by atoms with Gasteiger partial charge in [-0.15, -0.1) is 0 Å². The number of halogens is 5. The van der Waals surface area contributed by atoms with Gasteiger partial charge in [-0.2, -0.15) is 18.3 Å². The van der Waals surface area contributed by atoms with Gasteiger partial charge in [0.05, 0.1) is 27.9 Å². The fourth-order valence-corrected chi connectivity index (χ4v) is 6.91. The molecular formula is C31H33F5N4O7S3. The Morgan fingerprint density at radius 3 is 2.10 bits per heavy atom. The molecular weight excluding hydrogens is 732 g/mol. The Kier molecular flexibility index (Phi) is 13.0. The van der Waals surface area contributed by atoms with Crippen molar-refractivity contribution in [3.05, 3.63) is 68.7 Å². The van der Waals surface area contributed by atoms with E-state index in [0.29, 0.717) is 53.4 Å². The van der Waals surface area contributed by atoms with Gasteiger partial charge in [-0.3, -0.25) is 14.4 Å². The van der Waals surface area contributed by atoms with E-state index in [1.807, 2.05) is 0 Å². The number of aryl methyl sites for hydroxylation is 1. The lowest BCUT2D eigenvalue weighted by Crippen LogP contribution is -2.23. The average Bonchev–Trinajstić information content (AvgIpc) is 3.68. The minimum atomic E-state index is -5.10. The first-order valence-corrected chi connectivity index (χ1v) is 18.9. The summed E-state index contributed by atoms with van der Waals surface area (Å²) in [5.41, 5.74) is -2.95. The van der Waals surface area contributed by atoms with Gasteiger partial charge >= 0.3 is 6.18 Å². The number of hydrogen-bond donors (Lipinski definition) is 1. The number of sulfone groups is 1. The number of rotatable bonds is 9. The number of thioether (sulfide) groups is 2. The number of pyridine rings is 1. The smallest absolute Gasteiger partial charge is 0.434 e. The number of nitrogens with zero attached hydrogens (tertiary/aromatic N) is 4. The molecule has 0 unspecified atom stereocenters. The number of aromatic hydroxyl groups is 1. The van der Waals surface area contributed by atoms with Crippen LogP contribution in [0, 0.1) is 12.8 Å². The van der Waals surface area contributed by atoms with Crippen LogP contribution in [0.1, 0.15) is 91.4 Å². The van der Waals surface area contributed by atoms with Crippen molar-refractivity contribution in [2.24, 2.45) is 18.1 Å². The highest BCUT2D eigenvalue weighted by Crippen LogP contribution is 2.39. The van der Waals surface area contributed by atoms with Gasteiger partial charge in [-0.1, -0.05) is 42.5 Å². The first kappa shape index (κ1) is 40.6. The van der Waals surface area contributed by atoms with Crippen molar-refractivity contribution in [1.29, 1.82) is 0 Å². The Labute approximate surface area is 293 Å². The van der Waals surface area contributed by atoms with Crippen LogP contribution in [0.15, 0.2) is 28.4 Å². The van der Waals surface area contributed by atoms with Crippen molar-refractivity contribution in [3.63, 3.8) is 0 Å². The first-order chi connectivity index (χ1) is 23.2. The van der Waals surface area contributed by atoms with Gasteiger partial charge in [-0.25, -0.2) is 26.9 Å². The van der Waals surface area contributed by atoms with Gasteiger partial charge in [0.2, 0.25) is 16.1 Å². The van der Waals surface area contributed by atoms with Crippen LogP contribution < -0.4 is 0 Å². The summed E-state index contributed by atoms with van der Waals surface area (Å²) >= 11 is 1.09. The quantitative estimate of drug-likeness (QED) is 0.189. The van der Waals surface area contributed by atoms with Crippen LogP contribution in [0.2, 0.25) is 0 Å². The van der Waals surface area contributed by atoms with Crippen LogP contribution in [0.5, 0.6) is 5.88 Å². The minimum absolute atomic E-state index is 0.0493. The van der Waals surface area contributed by atoms with Crippen LogP contribution in [0.25, 0.3) is 0 Å². The maximum absolute atomic E-state index is 13.4. The van der Waals surface area contributed by atoms with E-state index in [0.717, 1.165) is 6.26 Å². The molecule has 11 nitrogen and oxygen atoms in total. The molecule has 50 heavy (non-hydrogen) atoms. The maximum Gasteiger partial charge on any atom is 0.434 e. The van der Waals surface area contributed by atoms with Crippen LogP contribution in [-0.2, 0) is 34.3 Å². The Morgan fingerprint density at radius 2 is 1.66 bits per heavy atom. The molecule has 0 amide bonds. The zero-order valence-electron chi connectivity index (χ0n) is 27.8. The van der Waals surface area contributed by atoms with Gasteiger partial charge in [0.25, 0.3) is 6.43 Å². The Balaban J connectivity index is 0.000000270. The van der Waals surface area contributed by atoms with Crippen molar-refractivity contribution in [1.82, 2.24) is 14.8 Å². The summed E-state index contributed by atoms with van der Waals surface area (Å²) in [5.74, 6) is -0.959. The minimum Gasteiger partial charge on any atom is -0.493 e. The molecule has 19 heteroatoms. The molecule has 2 aromatic heterocycles. The molecule has 0 atom stereocenters. The number of alkyl halides is 5. The monoisotopic (exact) mass is 764 g/mol. The highest BCUT2D eigenvalue weighted by atomic mass is 32.2. The summed E-state index contributed by atoms with van der Waals surface area (Å²) in [6, 6.07) is 2.83. The molecule has 3 aromatic rings. The highest BCUT2D eigenvalue weighted by molar-refractivity contribution is 8.13. The molecule has 1 N–H and O–H groups in total. The number of carbonyl (C=O) groups is 3. The lowest BCUT2D eigenvalue weighted by Gasteiger charge is -2.21. The summed E-state index contributed by atoms with van der Waals surface area (Å²) in [5, 5.41) is 15.9. The summed E-state index contributed by atoms with van der Waals surface area (Å²) < 4.78 is 92.2. The lowest BCUT2D eigenvalue weighted by molar-refractivity contribution is -0.141. The van der Waals surface area contributed by atoms with E-state index in [2.05, 4.69) is 15.2 Å². The zero-order chi connectivity index (χ0) is 37.9. The molecule has 1 aliphatic heterocycles. The Bertz CT molecular complexity index is 1960. The second-order valence-electron chi connectivity index (χ2n) is 11.3. The number of carbonyl (C=O) groups excluding carboxylic acids is 3. The van der Waals surface area contributed by atoms with Crippen molar-refractivity contribution in [3.8, 4) is 5.88 Å². The molecule has 0 radical (unpaired) electrons. The number of aromatic nitrogens is 3. The molecule has 0 aliphatic carbocycles. The van der Waals surface area contributed by atoms with E-state index in [-0.39, 0.29) is 39.8 Å². The third kappa shape index (κ3) is 8.71. The molecule has 1 aromatic carbocycles. The molecule has 0 saturated carbocycles. The maximum atomic E-state index is 13.4. The van der Waals surface area contributed by atoms with Crippen LogP contribution >= 0.6 is 23.5 Å². The van der Waals surface area contributed by atoms with Gasteiger partial charge < -0.3 is 9.94 Å². The summed E-state index contributed by atoms with van der Waals surface area (Å²) in [4.78, 5) is 45.2. The second-order valence-corrected chi connectivity index (χ2v) is 14.8. The summed E-state index contributed by atoms with van der Waals surface area (Å²) in [6.45, 7) is 5.32.